The Balaban J connectivity index is 1.73. The standard InChI is InChI=1S/C19H28N2O3/c1-15(16-7-11-23-12-8-16)20-18(17-5-3-2-4-6-17)19(22)21-9-13-24-14-10-21/h2-6,15-16,18,20H,7-14H2,1H3/t15-,18-/m1/s1. The van der Waals surface area contributed by atoms with Gasteiger partial charge in [0.15, 0.2) is 0 Å². The van der Waals surface area contributed by atoms with Crippen LogP contribution in [0.3, 0.4) is 0 Å². The number of amides is 1. The summed E-state index contributed by atoms with van der Waals surface area (Å²) >= 11 is 0. The summed E-state index contributed by atoms with van der Waals surface area (Å²) in [5, 5.41) is 3.61. The lowest BCUT2D eigenvalue weighted by atomic mass is 9.91. The van der Waals surface area contributed by atoms with Crippen LogP contribution in [0.4, 0.5) is 0 Å². The third kappa shape index (κ3) is 4.35. The van der Waals surface area contributed by atoms with Gasteiger partial charge in [-0.15, -0.1) is 0 Å². The van der Waals surface area contributed by atoms with E-state index < -0.39 is 0 Å². The van der Waals surface area contributed by atoms with E-state index in [4.69, 9.17) is 9.47 Å². The molecule has 2 heterocycles. The van der Waals surface area contributed by atoms with Crippen LogP contribution in [0.5, 0.6) is 0 Å². The maximum absolute atomic E-state index is 13.1. The molecule has 2 saturated heterocycles. The molecule has 0 radical (unpaired) electrons. The Labute approximate surface area is 144 Å². The summed E-state index contributed by atoms with van der Waals surface area (Å²) in [5.74, 6) is 0.714. The molecule has 2 aliphatic heterocycles. The van der Waals surface area contributed by atoms with Crippen molar-refractivity contribution in [3.63, 3.8) is 0 Å². The summed E-state index contributed by atoms with van der Waals surface area (Å²) in [7, 11) is 0. The first-order valence-electron chi connectivity index (χ1n) is 9.01. The molecule has 3 rings (SSSR count). The van der Waals surface area contributed by atoms with Crippen molar-refractivity contribution in [3.05, 3.63) is 35.9 Å². The number of rotatable bonds is 5. The average molecular weight is 332 g/mol. The molecule has 1 aromatic rings. The van der Waals surface area contributed by atoms with E-state index in [2.05, 4.69) is 12.2 Å². The second-order valence-electron chi connectivity index (χ2n) is 6.69. The second-order valence-corrected chi connectivity index (χ2v) is 6.69. The normalized spacial score (nSPS) is 22.1. The molecule has 5 heteroatoms. The van der Waals surface area contributed by atoms with E-state index in [1.165, 1.54) is 0 Å². The van der Waals surface area contributed by atoms with Crippen LogP contribution in [0.25, 0.3) is 0 Å². The number of hydrogen-bond acceptors (Lipinski definition) is 4. The van der Waals surface area contributed by atoms with E-state index in [9.17, 15) is 4.79 Å². The topological polar surface area (TPSA) is 50.8 Å². The first-order valence-corrected chi connectivity index (χ1v) is 9.01. The van der Waals surface area contributed by atoms with Crippen molar-refractivity contribution in [1.29, 1.82) is 0 Å². The molecule has 1 amide bonds. The van der Waals surface area contributed by atoms with Crippen molar-refractivity contribution in [2.45, 2.75) is 31.8 Å². The number of nitrogens with one attached hydrogen (secondary N) is 1. The van der Waals surface area contributed by atoms with Crippen LogP contribution in [-0.2, 0) is 14.3 Å². The van der Waals surface area contributed by atoms with Crippen LogP contribution < -0.4 is 5.32 Å². The Morgan fingerprint density at radius 1 is 1.08 bits per heavy atom. The van der Waals surface area contributed by atoms with Gasteiger partial charge in [0.2, 0.25) is 5.91 Å². The van der Waals surface area contributed by atoms with Gasteiger partial charge in [0, 0.05) is 32.3 Å². The van der Waals surface area contributed by atoms with Crippen molar-refractivity contribution in [2.24, 2.45) is 5.92 Å². The van der Waals surface area contributed by atoms with Gasteiger partial charge in [0.1, 0.15) is 6.04 Å². The number of benzene rings is 1. The zero-order chi connectivity index (χ0) is 16.8. The van der Waals surface area contributed by atoms with Crippen molar-refractivity contribution in [3.8, 4) is 0 Å². The Kier molecular flexibility index (Phi) is 6.24. The zero-order valence-electron chi connectivity index (χ0n) is 14.4. The summed E-state index contributed by atoms with van der Waals surface area (Å²) in [6.07, 6.45) is 2.11. The fourth-order valence-corrected chi connectivity index (χ4v) is 3.54. The highest BCUT2D eigenvalue weighted by atomic mass is 16.5. The van der Waals surface area contributed by atoms with Crippen LogP contribution in [0.15, 0.2) is 30.3 Å². The van der Waals surface area contributed by atoms with Crippen molar-refractivity contribution in [1.82, 2.24) is 10.2 Å². The van der Waals surface area contributed by atoms with E-state index in [1.807, 2.05) is 35.2 Å². The number of morpholine rings is 1. The number of nitrogens with zero attached hydrogens (tertiary/aromatic N) is 1. The minimum atomic E-state index is -0.290. The predicted molar refractivity (Wildman–Crippen MR) is 92.7 cm³/mol. The van der Waals surface area contributed by atoms with Gasteiger partial charge < -0.3 is 14.4 Å². The van der Waals surface area contributed by atoms with Crippen molar-refractivity contribution in [2.75, 3.05) is 39.5 Å². The fourth-order valence-electron chi connectivity index (χ4n) is 3.54. The lowest BCUT2D eigenvalue weighted by Crippen LogP contribution is -2.49. The summed E-state index contributed by atoms with van der Waals surface area (Å²) in [4.78, 5) is 15.0. The molecule has 24 heavy (non-hydrogen) atoms. The molecular formula is C19H28N2O3. The summed E-state index contributed by atoms with van der Waals surface area (Å²) in [5.41, 5.74) is 1.04. The van der Waals surface area contributed by atoms with Gasteiger partial charge in [-0.3, -0.25) is 10.1 Å². The second kappa shape index (κ2) is 8.60. The lowest BCUT2D eigenvalue weighted by molar-refractivity contribution is -0.138. The number of carbonyl (C=O) groups excluding carboxylic acids is 1. The SMILES string of the molecule is C[C@@H](N[C@@H](C(=O)N1CCOCC1)c1ccccc1)C1CCOCC1. The number of hydrogen-bond donors (Lipinski definition) is 1. The molecule has 0 saturated carbocycles. The summed E-state index contributed by atoms with van der Waals surface area (Å²) < 4.78 is 10.8. The van der Waals surface area contributed by atoms with Crippen LogP contribution >= 0.6 is 0 Å². The third-order valence-corrected chi connectivity index (χ3v) is 5.11. The Hall–Kier alpha value is -1.43. The van der Waals surface area contributed by atoms with Gasteiger partial charge in [-0.1, -0.05) is 30.3 Å². The van der Waals surface area contributed by atoms with Gasteiger partial charge in [-0.25, -0.2) is 0 Å². The molecule has 1 aromatic carbocycles. The smallest absolute Gasteiger partial charge is 0.244 e. The molecule has 0 bridgehead atoms. The molecule has 0 spiro atoms. The molecule has 0 unspecified atom stereocenters. The Morgan fingerprint density at radius 2 is 1.71 bits per heavy atom. The van der Waals surface area contributed by atoms with E-state index in [1.54, 1.807) is 0 Å². The highest BCUT2D eigenvalue weighted by Crippen LogP contribution is 2.23. The molecular weight excluding hydrogens is 304 g/mol. The Morgan fingerprint density at radius 3 is 2.38 bits per heavy atom. The van der Waals surface area contributed by atoms with Crippen molar-refractivity contribution >= 4 is 5.91 Å². The molecule has 0 aliphatic carbocycles. The van der Waals surface area contributed by atoms with Gasteiger partial charge in [-0.2, -0.15) is 0 Å². The molecule has 132 valence electrons. The summed E-state index contributed by atoms with van der Waals surface area (Å²) in [6.45, 7) is 6.45. The van der Waals surface area contributed by atoms with E-state index >= 15 is 0 Å². The van der Waals surface area contributed by atoms with Crippen LogP contribution in [0, 0.1) is 5.92 Å². The van der Waals surface area contributed by atoms with Gasteiger partial charge in [-0.05, 0) is 31.2 Å². The molecule has 2 fully saturated rings. The first-order chi connectivity index (χ1) is 11.8. The fraction of sp³-hybridized carbons (Fsp3) is 0.632. The van der Waals surface area contributed by atoms with Crippen molar-refractivity contribution < 1.29 is 14.3 Å². The highest BCUT2D eigenvalue weighted by molar-refractivity contribution is 5.83. The molecule has 0 aromatic heterocycles. The van der Waals surface area contributed by atoms with Crippen LogP contribution in [-0.4, -0.2) is 56.4 Å². The maximum Gasteiger partial charge on any atom is 0.244 e. The van der Waals surface area contributed by atoms with Gasteiger partial charge in [0.25, 0.3) is 0 Å². The molecule has 2 aliphatic rings. The lowest BCUT2D eigenvalue weighted by Gasteiger charge is -2.35. The Bertz CT molecular complexity index is 511. The summed E-state index contributed by atoms with van der Waals surface area (Å²) in [6, 6.07) is 10.0. The minimum Gasteiger partial charge on any atom is -0.381 e. The van der Waals surface area contributed by atoms with E-state index in [0.717, 1.165) is 31.6 Å². The largest absolute Gasteiger partial charge is 0.381 e. The molecule has 2 atom stereocenters. The average Bonchev–Trinajstić information content (AvgIpc) is 2.67. The predicted octanol–water partition coefficient (Wildman–Crippen LogP) is 1.99. The van der Waals surface area contributed by atoms with E-state index in [-0.39, 0.29) is 18.0 Å². The number of carbonyl (C=O) groups is 1. The van der Waals surface area contributed by atoms with Crippen LogP contribution in [0.2, 0.25) is 0 Å². The minimum absolute atomic E-state index is 0.156. The van der Waals surface area contributed by atoms with Gasteiger partial charge >= 0.3 is 0 Å². The van der Waals surface area contributed by atoms with Gasteiger partial charge in [0.05, 0.1) is 13.2 Å². The number of ether oxygens (including phenoxy) is 2. The molecule has 5 nitrogen and oxygen atoms in total. The maximum atomic E-state index is 13.1. The molecule has 1 N–H and O–H groups in total. The zero-order valence-corrected chi connectivity index (χ0v) is 14.4. The first kappa shape index (κ1) is 17.4. The third-order valence-electron chi connectivity index (χ3n) is 5.11. The van der Waals surface area contributed by atoms with Crippen LogP contribution in [0.1, 0.15) is 31.4 Å². The quantitative estimate of drug-likeness (QED) is 0.896. The van der Waals surface area contributed by atoms with E-state index in [0.29, 0.717) is 32.2 Å². The monoisotopic (exact) mass is 332 g/mol. The highest BCUT2D eigenvalue weighted by Gasteiger charge is 2.30.